The van der Waals surface area contributed by atoms with Crippen LogP contribution in [0.15, 0.2) is 18.2 Å². The first-order chi connectivity index (χ1) is 8.97. The zero-order valence-corrected chi connectivity index (χ0v) is 11.5. The lowest BCUT2D eigenvalue weighted by atomic mass is 10.1. The molecule has 1 aromatic rings. The maximum absolute atomic E-state index is 12.3. The number of nitrogens with zero attached hydrogens (tertiary/aromatic N) is 1. The number of hydrogen-bond acceptors (Lipinski definition) is 2. The second kappa shape index (κ2) is 5.61. The van der Waals surface area contributed by atoms with Gasteiger partial charge in [0.2, 0.25) is 0 Å². The van der Waals surface area contributed by atoms with Gasteiger partial charge in [-0.2, -0.15) is 0 Å². The van der Waals surface area contributed by atoms with Crippen molar-refractivity contribution >= 4 is 23.5 Å². The van der Waals surface area contributed by atoms with E-state index in [1.165, 1.54) is 4.90 Å². The van der Waals surface area contributed by atoms with Crippen LogP contribution in [0.4, 0.5) is 0 Å². The van der Waals surface area contributed by atoms with E-state index in [1.54, 1.807) is 18.2 Å². The number of hydrogen-bond donors (Lipinski definition) is 1. The smallest absolute Gasteiger partial charge is 0.323 e. The molecule has 5 heteroatoms. The molecule has 0 bridgehead atoms. The lowest BCUT2D eigenvalue weighted by Gasteiger charge is -2.20. The average molecular weight is 282 g/mol. The molecule has 0 heterocycles. The van der Waals surface area contributed by atoms with Crippen molar-refractivity contribution in [3.8, 4) is 0 Å². The molecule has 0 saturated heterocycles. The van der Waals surface area contributed by atoms with Crippen molar-refractivity contribution < 1.29 is 14.7 Å². The number of carboxylic acid groups (broad SMARTS) is 1. The van der Waals surface area contributed by atoms with Crippen LogP contribution in [0, 0.1) is 12.8 Å². The fourth-order valence-electron chi connectivity index (χ4n) is 1.95. The van der Waals surface area contributed by atoms with E-state index in [4.69, 9.17) is 16.7 Å². The highest BCUT2D eigenvalue weighted by molar-refractivity contribution is 6.31. The molecule has 0 spiro atoms. The van der Waals surface area contributed by atoms with Gasteiger partial charge in [-0.05, 0) is 49.4 Å². The third kappa shape index (κ3) is 3.70. The number of benzene rings is 1. The molecular weight excluding hydrogens is 266 g/mol. The molecule has 1 aliphatic carbocycles. The molecule has 0 aliphatic heterocycles. The summed E-state index contributed by atoms with van der Waals surface area (Å²) < 4.78 is 0. The standard InChI is InChI=1S/C14H16ClNO3/c1-9-6-11(4-5-12(9)15)14(19)16(8-13(17)18)7-10-2-3-10/h4-6,10H,2-3,7-8H2,1H3,(H,17,18). The number of aryl methyl sites for hydroxylation is 1. The average Bonchev–Trinajstić information content (AvgIpc) is 3.14. The Labute approximate surface area is 117 Å². The van der Waals surface area contributed by atoms with Crippen molar-refractivity contribution in [1.82, 2.24) is 4.90 Å². The molecule has 0 atom stereocenters. The Morgan fingerprint density at radius 1 is 1.42 bits per heavy atom. The number of carbonyl (C=O) groups is 2. The number of halogens is 1. The molecule has 0 unspecified atom stereocenters. The van der Waals surface area contributed by atoms with Crippen LogP contribution in [0.5, 0.6) is 0 Å². The van der Waals surface area contributed by atoms with Crippen molar-refractivity contribution in [2.24, 2.45) is 5.92 Å². The lowest BCUT2D eigenvalue weighted by molar-refractivity contribution is -0.137. The summed E-state index contributed by atoms with van der Waals surface area (Å²) in [5.74, 6) is -0.773. The molecule has 1 saturated carbocycles. The fraction of sp³-hybridized carbons (Fsp3) is 0.429. The normalized spacial score (nSPS) is 14.2. The number of carboxylic acids is 1. The molecule has 0 radical (unpaired) electrons. The van der Waals surface area contributed by atoms with Gasteiger partial charge in [0.05, 0.1) is 0 Å². The summed E-state index contributed by atoms with van der Waals surface area (Å²) in [4.78, 5) is 24.6. The monoisotopic (exact) mass is 281 g/mol. The largest absolute Gasteiger partial charge is 0.480 e. The van der Waals surface area contributed by atoms with Crippen molar-refractivity contribution in [1.29, 1.82) is 0 Å². The summed E-state index contributed by atoms with van der Waals surface area (Å²) in [6.07, 6.45) is 2.14. The summed E-state index contributed by atoms with van der Waals surface area (Å²) in [5.41, 5.74) is 1.30. The molecule has 1 amide bonds. The van der Waals surface area contributed by atoms with Crippen LogP contribution in [-0.2, 0) is 4.79 Å². The fourth-order valence-corrected chi connectivity index (χ4v) is 2.07. The van der Waals surface area contributed by atoms with Crippen LogP contribution in [0.1, 0.15) is 28.8 Å². The SMILES string of the molecule is Cc1cc(C(=O)N(CC(=O)O)CC2CC2)ccc1Cl. The van der Waals surface area contributed by atoms with Crippen LogP contribution in [0.3, 0.4) is 0 Å². The third-order valence-corrected chi connectivity index (χ3v) is 3.62. The van der Waals surface area contributed by atoms with Crippen LogP contribution < -0.4 is 0 Å². The Hall–Kier alpha value is -1.55. The van der Waals surface area contributed by atoms with E-state index in [0.29, 0.717) is 23.0 Å². The van der Waals surface area contributed by atoms with E-state index in [0.717, 1.165) is 18.4 Å². The predicted molar refractivity (Wildman–Crippen MR) is 72.5 cm³/mol. The van der Waals surface area contributed by atoms with Crippen molar-refractivity contribution in [2.75, 3.05) is 13.1 Å². The molecule has 1 fully saturated rings. The second-order valence-corrected chi connectivity index (χ2v) is 5.39. The van der Waals surface area contributed by atoms with Gasteiger partial charge in [-0.1, -0.05) is 11.6 Å². The summed E-state index contributed by atoms with van der Waals surface area (Å²) in [5, 5.41) is 9.50. The van der Waals surface area contributed by atoms with Gasteiger partial charge in [0.25, 0.3) is 5.91 Å². The van der Waals surface area contributed by atoms with E-state index in [9.17, 15) is 9.59 Å². The molecule has 0 aromatic heterocycles. The maximum atomic E-state index is 12.3. The minimum absolute atomic E-state index is 0.242. The van der Waals surface area contributed by atoms with Crippen molar-refractivity contribution in [3.05, 3.63) is 34.3 Å². The Morgan fingerprint density at radius 2 is 2.11 bits per heavy atom. The Balaban J connectivity index is 2.16. The van der Waals surface area contributed by atoms with Gasteiger partial charge in [0.15, 0.2) is 0 Å². The Morgan fingerprint density at radius 3 is 2.63 bits per heavy atom. The first-order valence-electron chi connectivity index (χ1n) is 6.24. The summed E-state index contributed by atoms with van der Waals surface area (Å²) >= 11 is 5.92. The van der Waals surface area contributed by atoms with Gasteiger partial charge in [0.1, 0.15) is 6.54 Å². The van der Waals surface area contributed by atoms with Crippen LogP contribution in [0.2, 0.25) is 5.02 Å². The predicted octanol–water partition coefficient (Wildman–Crippen LogP) is 2.59. The van der Waals surface area contributed by atoms with Gasteiger partial charge in [-0.3, -0.25) is 9.59 Å². The quantitative estimate of drug-likeness (QED) is 0.902. The first kappa shape index (κ1) is 13.9. The first-order valence-corrected chi connectivity index (χ1v) is 6.62. The topological polar surface area (TPSA) is 57.6 Å². The van der Waals surface area contributed by atoms with Gasteiger partial charge >= 0.3 is 5.97 Å². The van der Waals surface area contributed by atoms with E-state index >= 15 is 0 Å². The van der Waals surface area contributed by atoms with E-state index in [1.807, 2.05) is 6.92 Å². The molecular formula is C14H16ClNO3. The van der Waals surface area contributed by atoms with Crippen LogP contribution >= 0.6 is 11.6 Å². The molecule has 1 N–H and O–H groups in total. The molecule has 4 nitrogen and oxygen atoms in total. The maximum Gasteiger partial charge on any atom is 0.323 e. The summed E-state index contributed by atoms with van der Waals surface area (Å²) in [6, 6.07) is 5.01. The van der Waals surface area contributed by atoms with Gasteiger partial charge in [-0.25, -0.2) is 0 Å². The zero-order chi connectivity index (χ0) is 14.0. The lowest BCUT2D eigenvalue weighted by Crippen LogP contribution is -2.37. The minimum Gasteiger partial charge on any atom is -0.480 e. The number of amides is 1. The highest BCUT2D eigenvalue weighted by atomic mass is 35.5. The van der Waals surface area contributed by atoms with Gasteiger partial charge in [0, 0.05) is 17.1 Å². The molecule has 102 valence electrons. The van der Waals surface area contributed by atoms with Crippen LogP contribution in [0.25, 0.3) is 0 Å². The second-order valence-electron chi connectivity index (χ2n) is 4.99. The molecule has 2 rings (SSSR count). The van der Waals surface area contributed by atoms with E-state index in [-0.39, 0.29) is 12.5 Å². The molecule has 19 heavy (non-hydrogen) atoms. The molecule has 1 aliphatic rings. The van der Waals surface area contributed by atoms with Gasteiger partial charge < -0.3 is 10.0 Å². The third-order valence-electron chi connectivity index (χ3n) is 3.19. The highest BCUT2D eigenvalue weighted by Crippen LogP contribution is 2.30. The van der Waals surface area contributed by atoms with Crippen molar-refractivity contribution in [2.45, 2.75) is 19.8 Å². The summed E-state index contributed by atoms with van der Waals surface area (Å²) in [7, 11) is 0. The van der Waals surface area contributed by atoms with Crippen molar-refractivity contribution in [3.63, 3.8) is 0 Å². The number of carbonyl (C=O) groups excluding carboxylic acids is 1. The summed E-state index contributed by atoms with van der Waals surface area (Å²) in [6.45, 7) is 2.09. The minimum atomic E-state index is -0.986. The Kier molecular flexibility index (Phi) is 4.10. The number of rotatable bonds is 5. The Bertz CT molecular complexity index is 511. The highest BCUT2D eigenvalue weighted by Gasteiger charge is 2.28. The van der Waals surface area contributed by atoms with Gasteiger partial charge in [-0.15, -0.1) is 0 Å². The number of aliphatic carboxylic acids is 1. The van der Waals surface area contributed by atoms with E-state index in [2.05, 4.69) is 0 Å². The zero-order valence-electron chi connectivity index (χ0n) is 10.7. The van der Waals surface area contributed by atoms with E-state index < -0.39 is 5.97 Å². The van der Waals surface area contributed by atoms with Crippen LogP contribution in [-0.4, -0.2) is 35.0 Å². The molecule has 1 aromatic carbocycles.